The second-order valence-corrected chi connectivity index (χ2v) is 5.65. The molecule has 0 N–H and O–H groups in total. The van der Waals surface area contributed by atoms with Gasteiger partial charge in [-0.3, -0.25) is 0 Å². The normalized spacial score (nSPS) is 59.8. The van der Waals surface area contributed by atoms with Crippen molar-refractivity contribution in [2.75, 3.05) is 0 Å². The van der Waals surface area contributed by atoms with Gasteiger partial charge in [0.2, 0.25) is 0 Å². The van der Waals surface area contributed by atoms with Gasteiger partial charge in [0.25, 0.3) is 0 Å². The standard InChI is InChI=1S/C11H18O/c1-7-8-4-9-6-11(5-8,12-9)10(7,2)3/h7-9H,4-6H2,1-3H3. The van der Waals surface area contributed by atoms with Crippen molar-refractivity contribution < 1.29 is 4.74 Å². The van der Waals surface area contributed by atoms with Crippen LogP contribution in [-0.2, 0) is 4.74 Å². The van der Waals surface area contributed by atoms with Gasteiger partial charge in [-0.25, -0.2) is 0 Å². The average Bonchev–Trinajstić information content (AvgIpc) is 2.09. The van der Waals surface area contributed by atoms with E-state index in [2.05, 4.69) is 20.8 Å². The van der Waals surface area contributed by atoms with E-state index in [-0.39, 0.29) is 0 Å². The molecule has 68 valence electrons. The maximum Gasteiger partial charge on any atom is 0.0767 e. The highest BCUT2D eigenvalue weighted by molar-refractivity contribution is 5.16. The van der Waals surface area contributed by atoms with Crippen LogP contribution in [0.15, 0.2) is 0 Å². The minimum atomic E-state index is 0.306. The summed E-state index contributed by atoms with van der Waals surface area (Å²) < 4.78 is 6.04. The molecule has 0 aromatic carbocycles. The molecule has 2 aliphatic carbocycles. The largest absolute Gasteiger partial charge is 0.371 e. The third kappa shape index (κ3) is 0.555. The summed E-state index contributed by atoms with van der Waals surface area (Å²) in [6.07, 6.45) is 4.66. The molecule has 4 atom stereocenters. The SMILES string of the molecule is CC1C2CC3CC(C2)(O3)C1(C)C. The quantitative estimate of drug-likeness (QED) is 0.537. The van der Waals surface area contributed by atoms with Gasteiger partial charge in [0.05, 0.1) is 11.7 Å². The lowest BCUT2D eigenvalue weighted by molar-refractivity contribution is -0.262. The van der Waals surface area contributed by atoms with Crippen molar-refractivity contribution in [3.63, 3.8) is 0 Å². The van der Waals surface area contributed by atoms with Crippen LogP contribution in [0.25, 0.3) is 0 Å². The van der Waals surface area contributed by atoms with Crippen molar-refractivity contribution in [3.05, 3.63) is 0 Å². The van der Waals surface area contributed by atoms with Crippen molar-refractivity contribution in [1.82, 2.24) is 0 Å². The lowest BCUT2D eigenvalue weighted by atomic mass is 9.68. The monoisotopic (exact) mass is 166 g/mol. The van der Waals surface area contributed by atoms with Crippen molar-refractivity contribution >= 4 is 0 Å². The number of hydrogen-bond donors (Lipinski definition) is 0. The van der Waals surface area contributed by atoms with Gasteiger partial charge in [0.1, 0.15) is 0 Å². The fourth-order valence-corrected chi connectivity index (χ4v) is 3.85. The lowest BCUT2D eigenvalue weighted by Crippen LogP contribution is -2.58. The Labute approximate surface area is 74.5 Å². The van der Waals surface area contributed by atoms with Crippen LogP contribution < -0.4 is 0 Å². The molecule has 0 aromatic rings. The van der Waals surface area contributed by atoms with Crippen LogP contribution in [0.5, 0.6) is 0 Å². The van der Waals surface area contributed by atoms with Gasteiger partial charge in [0.15, 0.2) is 0 Å². The van der Waals surface area contributed by atoms with Gasteiger partial charge in [0, 0.05) is 6.42 Å². The first-order valence-corrected chi connectivity index (χ1v) is 5.23. The molecule has 0 aromatic heterocycles. The van der Waals surface area contributed by atoms with Crippen LogP contribution >= 0.6 is 0 Å². The van der Waals surface area contributed by atoms with E-state index >= 15 is 0 Å². The molecular weight excluding hydrogens is 148 g/mol. The minimum absolute atomic E-state index is 0.306. The molecule has 1 heteroatoms. The Morgan fingerprint density at radius 3 is 2.42 bits per heavy atom. The van der Waals surface area contributed by atoms with Crippen LogP contribution in [0.3, 0.4) is 0 Å². The summed E-state index contributed by atoms with van der Waals surface area (Å²) in [6.45, 7) is 7.22. The first-order valence-electron chi connectivity index (χ1n) is 5.23. The van der Waals surface area contributed by atoms with Gasteiger partial charge in [-0.15, -0.1) is 0 Å². The summed E-state index contributed by atoms with van der Waals surface area (Å²) in [5, 5.41) is 0. The predicted octanol–water partition coefficient (Wildman–Crippen LogP) is 2.60. The van der Waals surface area contributed by atoms with E-state index in [1.807, 2.05) is 0 Å². The molecule has 0 radical (unpaired) electrons. The maximum atomic E-state index is 6.04. The van der Waals surface area contributed by atoms with Crippen LogP contribution in [0.2, 0.25) is 0 Å². The Kier molecular flexibility index (Phi) is 1.07. The molecular formula is C11H18O. The summed E-state index contributed by atoms with van der Waals surface area (Å²) in [5.74, 6) is 1.83. The smallest absolute Gasteiger partial charge is 0.0767 e. The zero-order chi connectivity index (χ0) is 8.56. The van der Waals surface area contributed by atoms with Gasteiger partial charge in [-0.2, -0.15) is 0 Å². The zero-order valence-corrected chi connectivity index (χ0v) is 8.26. The molecule has 2 heterocycles. The highest BCUT2D eigenvalue weighted by Crippen LogP contribution is 2.67. The molecule has 2 saturated heterocycles. The highest BCUT2D eigenvalue weighted by atomic mass is 16.5. The first kappa shape index (κ1) is 7.37. The Morgan fingerprint density at radius 1 is 1.25 bits per heavy atom. The van der Waals surface area contributed by atoms with E-state index in [9.17, 15) is 0 Å². The minimum Gasteiger partial charge on any atom is -0.371 e. The highest BCUT2D eigenvalue weighted by Gasteiger charge is 2.67. The molecule has 12 heavy (non-hydrogen) atoms. The molecule has 4 fully saturated rings. The second-order valence-electron chi connectivity index (χ2n) is 5.65. The summed E-state index contributed by atoms with van der Waals surface area (Å²) in [4.78, 5) is 0. The van der Waals surface area contributed by atoms with E-state index in [1.54, 1.807) is 0 Å². The first-order chi connectivity index (χ1) is 5.55. The summed E-state index contributed by atoms with van der Waals surface area (Å²) in [5.41, 5.74) is 0.741. The van der Waals surface area contributed by atoms with Gasteiger partial charge in [-0.05, 0) is 30.1 Å². The van der Waals surface area contributed by atoms with E-state index in [0.717, 1.165) is 11.8 Å². The summed E-state index contributed by atoms with van der Waals surface area (Å²) >= 11 is 0. The summed E-state index contributed by atoms with van der Waals surface area (Å²) in [7, 11) is 0. The summed E-state index contributed by atoms with van der Waals surface area (Å²) in [6, 6.07) is 0. The van der Waals surface area contributed by atoms with Crippen LogP contribution in [0.1, 0.15) is 40.0 Å². The van der Waals surface area contributed by atoms with Gasteiger partial charge >= 0.3 is 0 Å². The molecule has 2 saturated carbocycles. The van der Waals surface area contributed by atoms with Gasteiger partial charge in [-0.1, -0.05) is 20.8 Å². The number of rotatable bonds is 0. The van der Waals surface area contributed by atoms with Crippen molar-refractivity contribution in [3.8, 4) is 0 Å². The Hall–Kier alpha value is -0.0400. The van der Waals surface area contributed by atoms with E-state index < -0.39 is 0 Å². The molecule has 4 rings (SSSR count). The van der Waals surface area contributed by atoms with E-state index in [1.165, 1.54) is 19.3 Å². The van der Waals surface area contributed by atoms with E-state index in [0.29, 0.717) is 17.1 Å². The average molecular weight is 166 g/mol. The van der Waals surface area contributed by atoms with Gasteiger partial charge < -0.3 is 4.74 Å². The fraction of sp³-hybridized carbons (Fsp3) is 1.00. The molecule has 1 spiro atoms. The van der Waals surface area contributed by atoms with Crippen molar-refractivity contribution in [2.45, 2.75) is 51.7 Å². The topological polar surface area (TPSA) is 9.23 Å². The van der Waals surface area contributed by atoms with Crippen molar-refractivity contribution in [2.24, 2.45) is 17.3 Å². The van der Waals surface area contributed by atoms with E-state index in [4.69, 9.17) is 4.74 Å². The van der Waals surface area contributed by atoms with Crippen molar-refractivity contribution in [1.29, 1.82) is 0 Å². The molecule has 2 aliphatic heterocycles. The molecule has 0 amide bonds. The molecule has 1 nitrogen and oxygen atoms in total. The zero-order valence-electron chi connectivity index (χ0n) is 8.26. The second kappa shape index (κ2) is 1.75. The van der Waals surface area contributed by atoms with Crippen LogP contribution in [-0.4, -0.2) is 11.7 Å². The molecule has 4 aliphatic rings. The Balaban J connectivity index is 2.06. The number of hydrogen-bond acceptors (Lipinski definition) is 1. The third-order valence-corrected chi connectivity index (χ3v) is 5.13. The van der Waals surface area contributed by atoms with Crippen LogP contribution in [0, 0.1) is 17.3 Å². The predicted molar refractivity (Wildman–Crippen MR) is 47.9 cm³/mol. The maximum absolute atomic E-state index is 6.04. The number of ether oxygens (including phenoxy) is 1. The fourth-order valence-electron chi connectivity index (χ4n) is 3.85. The third-order valence-electron chi connectivity index (χ3n) is 5.13. The molecule has 4 unspecified atom stereocenters. The lowest BCUT2D eigenvalue weighted by Gasteiger charge is -2.55. The molecule has 3 bridgehead atoms. The Morgan fingerprint density at radius 2 is 1.92 bits per heavy atom. The Bertz CT molecular complexity index is 225. The van der Waals surface area contributed by atoms with Crippen LogP contribution in [0.4, 0.5) is 0 Å².